The maximum Gasteiger partial charge on any atom is 0.0734 e. The van der Waals surface area contributed by atoms with E-state index in [0.717, 1.165) is 38.2 Å². The second-order valence-electron chi connectivity index (χ2n) is 5.21. The van der Waals surface area contributed by atoms with Crippen molar-refractivity contribution in [1.82, 2.24) is 9.88 Å². The molecule has 2 rings (SSSR count). The van der Waals surface area contributed by atoms with Gasteiger partial charge in [0.15, 0.2) is 0 Å². The van der Waals surface area contributed by atoms with E-state index in [9.17, 15) is 0 Å². The first-order valence-electron chi connectivity index (χ1n) is 7.30. The molecule has 1 aromatic carbocycles. The van der Waals surface area contributed by atoms with Crippen LogP contribution in [0.1, 0.15) is 24.5 Å². The minimum Gasteiger partial charge on any atom is -0.383 e. The number of rotatable bonds is 7. The predicted molar refractivity (Wildman–Crippen MR) is 83.9 cm³/mol. The summed E-state index contributed by atoms with van der Waals surface area (Å²) in [5, 5.41) is 1.27. The Morgan fingerprint density at radius 1 is 1.20 bits per heavy atom. The molecule has 2 aromatic rings. The zero-order chi connectivity index (χ0) is 14.4. The van der Waals surface area contributed by atoms with Crippen LogP contribution in [0.2, 0.25) is 0 Å². The number of pyridine rings is 1. The van der Waals surface area contributed by atoms with Crippen LogP contribution in [0.4, 0.5) is 0 Å². The van der Waals surface area contributed by atoms with Crippen LogP contribution in [0.15, 0.2) is 30.5 Å². The normalized spacial score (nSPS) is 11.4. The topological polar surface area (TPSA) is 25.4 Å². The molecule has 0 atom stereocenters. The van der Waals surface area contributed by atoms with Crippen molar-refractivity contribution >= 4 is 10.9 Å². The second kappa shape index (κ2) is 7.36. The molecule has 0 spiro atoms. The molecule has 0 N–H and O–H groups in total. The molecule has 0 aliphatic rings. The van der Waals surface area contributed by atoms with Crippen molar-refractivity contribution in [2.24, 2.45) is 0 Å². The lowest BCUT2D eigenvalue weighted by molar-refractivity contribution is 0.144. The van der Waals surface area contributed by atoms with E-state index in [1.165, 1.54) is 16.5 Å². The van der Waals surface area contributed by atoms with Crippen molar-refractivity contribution in [3.05, 3.63) is 41.6 Å². The van der Waals surface area contributed by atoms with Crippen molar-refractivity contribution in [3.63, 3.8) is 0 Å². The molecule has 0 bridgehead atoms. The zero-order valence-electron chi connectivity index (χ0n) is 12.7. The van der Waals surface area contributed by atoms with Gasteiger partial charge in [-0.15, -0.1) is 0 Å². The van der Waals surface area contributed by atoms with Crippen molar-refractivity contribution in [1.29, 1.82) is 0 Å². The fourth-order valence-corrected chi connectivity index (χ4v) is 2.56. The molecule has 20 heavy (non-hydrogen) atoms. The molecule has 0 aliphatic heterocycles. The van der Waals surface area contributed by atoms with E-state index in [4.69, 9.17) is 4.74 Å². The van der Waals surface area contributed by atoms with Crippen molar-refractivity contribution < 1.29 is 4.74 Å². The average molecular weight is 272 g/mol. The van der Waals surface area contributed by atoms with Gasteiger partial charge in [-0.3, -0.25) is 9.88 Å². The number of aromatic nitrogens is 1. The van der Waals surface area contributed by atoms with E-state index < -0.39 is 0 Å². The van der Waals surface area contributed by atoms with Crippen LogP contribution in [0.25, 0.3) is 10.9 Å². The second-order valence-corrected chi connectivity index (χ2v) is 5.21. The summed E-state index contributed by atoms with van der Waals surface area (Å²) in [4.78, 5) is 6.96. The molecule has 0 unspecified atom stereocenters. The Balaban J connectivity index is 2.25. The molecule has 0 amide bonds. The van der Waals surface area contributed by atoms with Gasteiger partial charge in [0.05, 0.1) is 12.1 Å². The van der Waals surface area contributed by atoms with Gasteiger partial charge in [-0.05, 0) is 37.1 Å². The first-order chi connectivity index (χ1) is 9.76. The summed E-state index contributed by atoms with van der Waals surface area (Å²) in [6, 6.07) is 8.59. The number of methoxy groups -OCH3 is 1. The summed E-state index contributed by atoms with van der Waals surface area (Å²) >= 11 is 0. The van der Waals surface area contributed by atoms with Crippen LogP contribution in [0.3, 0.4) is 0 Å². The monoisotopic (exact) mass is 272 g/mol. The Morgan fingerprint density at radius 2 is 2.05 bits per heavy atom. The molecule has 1 aromatic heterocycles. The Bertz CT molecular complexity index is 554. The fourth-order valence-electron chi connectivity index (χ4n) is 2.56. The highest BCUT2D eigenvalue weighted by Gasteiger charge is 2.09. The summed E-state index contributed by atoms with van der Waals surface area (Å²) < 4.78 is 5.21. The van der Waals surface area contributed by atoms with Crippen LogP contribution in [-0.2, 0) is 11.3 Å². The van der Waals surface area contributed by atoms with Gasteiger partial charge in [-0.25, -0.2) is 0 Å². The van der Waals surface area contributed by atoms with Crippen LogP contribution in [0, 0.1) is 6.92 Å². The first-order valence-corrected chi connectivity index (χ1v) is 7.30. The third kappa shape index (κ3) is 3.56. The molecule has 108 valence electrons. The summed E-state index contributed by atoms with van der Waals surface area (Å²) in [5.74, 6) is 0. The number of fused-ring (bicyclic) bond motifs is 1. The van der Waals surface area contributed by atoms with Gasteiger partial charge in [-0.1, -0.05) is 25.1 Å². The van der Waals surface area contributed by atoms with Gasteiger partial charge >= 0.3 is 0 Å². The molecule has 0 fully saturated rings. The largest absolute Gasteiger partial charge is 0.383 e. The predicted octanol–water partition coefficient (Wildman–Crippen LogP) is 3.40. The van der Waals surface area contributed by atoms with Gasteiger partial charge in [0.2, 0.25) is 0 Å². The van der Waals surface area contributed by atoms with Crippen molar-refractivity contribution in [3.8, 4) is 0 Å². The highest BCUT2D eigenvalue weighted by atomic mass is 16.5. The number of ether oxygens (including phenoxy) is 1. The molecule has 1 heterocycles. The molecule has 3 nitrogen and oxygen atoms in total. The van der Waals surface area contributed by atoms with Gasteiger partial charge < -0.3 is 4.74 Å². The maximum absolute atomic E-state index is 5.21. The lowest BCUT2D eigenvalue weighted by Gasteiger charge is -2.22. The number of nitrogens with zero attached hydrogens (tertiary/aromatic N) is 2. The van der Waals surface area contributed by atoms with E-state index in [1.54, 1.807) is 7.11 Å². The Kier molecular flexibility index (Phi) is 5.50. The molecule has 0 aliphatic carbocycles. The third-order valence-electron chi connectivity index (χ3n) is 3.61. The highest BCUT2D eigenvalue weighted by Crippen LogP contribution is 2.21. The van der Waals surface area contributed by atoms with E-state index in [-0.39, 0.29) is 0 Å². The van der Waals surface area contributed by atoms with Crippen LogP contribution in [0.5, 0.6) is 0 Å². The van der Waals surface area contributed by atoms with Gasteiger partial charge in [-0.2, -0.15) is 0 Å². The van der Waals surface area contributed by atoms with E-state index >= 15 is 0 Å². The number of benzene rings is 1. The van der Waals surface area contributed by atoms with Crippen LogP contribution < -0.4 is 0 Å². The SMILES string of the molecule is CCCN(CCOC)Cc1ccc(C)c2ncccc12. The number of hydrogen-bond acceptors (Lipinski definition) is 3. The Labute approximate surface area is 121 Å². The van der Waals surface area contributed by atoms with Gasteiger partial charge in [0, 0.05) is 31.8 Å². The van der Waals surface area contributed by atoms with Crippen LogP contribution >= 0.6 is 0 Å². The summed E-state index contributed by atoms with van der Waals surface area (Å²) in [5.41, 5.74) is 3.71. The standard InChI is InChI=1S/C17H24N2O/c1-4-10-19(11-12-20-3)13-15-8-7-14(2)17-16(15)6-5-9-18-17/h5-9H,4,10-13H2,1-3H3. The van der Waals surface area contributed by atoms with Crippen molar-refractivity contribution in [2.45, 2.75) is 26.8 Å². The van der Waals surface area contributed by atoms with E-state index in [1.807, 2.05) is 12.3 Å². The minimum atomic E-state index is 0.780. The van der Waals surface area contributed by atoms with Crippen molar-refractivity contribution in [2.75, 3.05) is 26.8 Å². The van der Waals surface area contributed by atoms with E-state index in [0.29, 0.717) is 0 Å². The smallest absolute Gasteiger partial charge is 0.0734 e. The minimum absolute atomic E-state index is 0.780. The van der Waals surface area contributed by atoms with Gasteiger partial charge in [0.25, 0.3) is 0 Å². The average Bonchev–Trinajstić information content (AvgIpc) is 2.48. The Morgan fingerprint density at radius 3 is 2.80 bits per heavy atom. The number of aryl methyl sites for hydroxylation is 1. The Hall–Kier alpha value is -1.45. The summed E-state index contributed by atoms with van der Waals surface area (Å²) in [6.45, 7) is 8.14. The molecule has 0 saturated carbocycles. The summed E-state index contributed by atoms with van der Waals surface area (Å²) in [6.07, 6.45) is 3.03. The molecule has 0 radical (unpaired) electrons. The number of hydrogen-bond donors (Lipinski definition) is 0. The fraction of sp³-hybridized carbons (Fsp3) is 0.471. The zero-order valence-corrected chi connectivity index (χ0v) is 12.7. The molecular formula is C17H24N2O. The highest BCUT2D eigenvalue weighted by molar-refractivity contribution is 5.84. The first kappa shape index (κ1) is 14.9. The van der Waals surface area contributed by atoms with Gasteiger partial charge in [0.1, 0.15) is 0 Å². The quantitative estimate of drug-likeness (QED) is 0.772. The molecule has 0 saturated heterocycles. The molecule has 3 heteroatoms. The van der Waals surface area contributed by atoms with Crippen LogP contribution in [-0.4, -0.2) is 36.7 Å². The van der Waals surface area contributed by atoms with E-state index in [2.05, 4.69) is 41.9 Å². The summed E-state index contributed by atoms with van der Waals surface area (Å²) in [7, 11) is 1.76. The lowest BCUT2D eigenvalue weighted by Crippen LogP contribution is -2.27. The molecular weight excluding hydrogens is 248 g/mol. The third-order valence-corrected chi connectivity index (χ3v) is 3.61. The lowest BCUT2D eigenvalue weighted by atomic mass is 10.0. The maximum atomic E-state index is 5.21.